The summed E-state index contributed by atoms with van der Waals surface area (Å²) >= 11 is 0. The van der Waals surface area contributed by atoms with Gasteiger partial charge in [-0.1, -0.05) is 13.8 Å². The van der Waals surface area contributed by atoms with Crippen molar-refractivity contribution in [2.75, 3.05) is 0 Å². The van der Waals surface area contributed by atoms with Crippen LogP contribution < -0.4 is 5.32 Å². The van der Waals surface area contributed by atoms with Crippen LogP contribution in [0.4, 0.5) is 0 Å². The molecule has 0 aromatic carbocycles. The summed E-state index contributed by atoms with van der Waals surface area (Å²) in [6.45, 7) is 4.19. The first-order valence-electron chi connectivity index (χ1n) is 5.01. The molecule has 0 spiro atoms. The first-order chi connectivity index (χ1) is 5.72. The Labute approximate surface area is 86.9 Å². The fourth-order valence-corrected chi connectivity index (χ4v) is 1.73. The van der Waals surface area contributed by atoms with Crippen LogP contribution in [-0.2, 0) is 4.79 Å². The van der Waals surface area contributed by atoms with E-state index in [0.717, 1.165) is 5.92 Å². The average molecular weight is 206 g/mol. The molecule has 78 valence electrons. The van der Waals surface area contributed by atoms with E-state index in [2.05, 4.69) is 12.2 Å². The Morgan fingerprint density at radius 1 is 1.31 bits per heavy atom. The molecule has 0 aromatic rings. The lowest BCUT2D eigenvalue weighted by Crippen LogP contribution is -2.36. The van der Waals surface area contributed by atoms with Crippen molar-refractivity contribution in [1.29, 1.82) is 0 Å². The third-order valence-corrected chi connectivity index (χ3v) is 2.70. The van der Waals surface area contributed by atoms with Crippen LogP contribution in [0.2, 0.25) is 0 Å². The molecule has 0 heterocycles. The van der Waals surface area contributed by atoms with Crippen molar-refractivity contribution in [3.8, 4) is 0 Å². The summed E-state index contributed by atoms with van der Waals surface area (Å²) in [5.74, 6) is 1.06. The number of amides is 1. The number of carbonyl (C=O) groups is 1. The summed E-state index contributed by atoms with van der Waals surface area (Å²) in [5, 5.41) is 3.05. The van der Waals surface area contributed by atoms with E-state index in [1.807, 2.05) is 6.92 Å². The number of hydrogen-bond acceptors (Lipinski definition) is 1. The van der Waals surface area contributed by atoms with E-state index >= 15 is 0 Å². The maximum absolute atomic E-state index is 11.1. The molecule has 0 atom stereocenters. The van der Waals surface area contributed by atoms with Crippen LogP contribution in [0.15, 0.2) is 0 Å². The van der Waals surface area contributed by atoms with Crippen LogP contribution in [0, 0.1) is 5.92 Å². The summed E-state index contributed by atoms with van der Waals surface area (Å²) in [7, 11) is 0. The van der Waals surface area contributed by atoms with E-state index in [0.29, 0.717) is 12.5 Å². The van der Waals surface area contributed by atoms with Gasteiger partial charge in [0.2, 0.25) is 5.91 Å². The van der Waals surface area contributed by atoms with Gasteiger partial charge in [-0.3, -0.25) is 4.79 Å². The minimum absolute atomic E-state index is 0. The molecule has 1 fully saturated rings. The fourth-order valence-electron chi connectivity index (χ4n) is 1.73. The van der Waals surface area contributed by atoms with Crippen LogP contribution in [0.3, 0.4) is 0 Å². The minimum atomic E-state index is 0. The predicted octanol–water partition coefficient (Wildman–Crippen LogP) is 2.51. The fraction of sp³-hybridized carbons (Fsp3) is 0.900. The summed E-state index contributed by atoms with van der Waals surface area (Å²) in [5.41, 5.74) is 0. The Bertz CT molecular complexity index is 153. The highest BCUT2D eigenvalue weighted by Gasteiger charge is 2.18. The first-order valence-corrected chi connectivity index (χ1v) is 5.01. The number of halogens is 1. The second-order valence-electron chi connectivity index (χ2n) is 3.88. The van der Waals surface area contributed by atoms with E-state index in [9.17, 15) is 4.79 Å². The quantitative estimate of drug-likeness (QED) is 0.738. The standard InChI is InChI=1S/C10H19NO.ClH/c1-3-10(12)11-9-6-4-8(2)5-7-9;/h8-9H,3-7H2,1-2H3,(H,11,12);1H. The maximum atomic E-state index is 11.1. The molecule has 3 heteroatoms. The predicted molar refractivity (Wildman–Crippen MR) is 57.1 cm³/mol. The maximum Gasteiger partial charge on any atom is 0.219 e. The van der Waals surface area contributed by atoms with Crippen molar-refractivity contribution in [2.45, 2.75) is 52.0 Å². The van der Waals surface area contributed by atoms with E-state index in [1.165, 1.54) is 25.7 Å². The zero-order chi connectivity index (χ0) is 8.97. The molecule has 1 N–H and O–H groups in total. The molecule has 13 heavy (non-hydrogen) atoms. The van der Waals surface area contributed by atoms with Gasteiger partial charge >= 0.3 is 0 Å². The number of nitrogens with one attached hydrogen (secondary N) is 1. The lowest BCUT2D eigenvalue weighted by atomic mass is 9.87. The van der Waals surface area contributed by atoms with Crippen LogP contribution in [0.1, 0.15) is 46.0 Å². The van der Waals surface area contributed by atoms with Crippen LogP contribution >= 0.6 is 12.4 Å². The number of hydrogen-bond donors (Lipinski definition) is 1. The zero-order valence-corrected chi connectivity index (χ0v) is 9.32. The molecule has 0 unspecified atom stereocenters. The lowest BCUT2D eigenvalue weighted by Gasteiger charge is -2.26. The van der Waals surface area contributed by atoms with Gasteiger partial charge < -0.3 is 5.32 Å². The van der Waals surface area contributed by atoms with Crippen molar-refractivity contribution in [1.82, 2.24) is 5.32 Å². The van der Waals surface area contributed by atoms with E-state index in [1.54, 1.807) is 0 Å². The molecule has 0 aliphatic heterocycles. The minimum Gasteiger partial charge on any atom is -0.353 e. The van der Waals surface area contributed by atoms with Crippen molar-refractivity contribution >= 4 is 18.3 Å². The average Bonchev–Trinajstić information content (AvgIpc) is 2.09. The molecule has 0 saturated heterocycles. The van der Waals surface area contributed by atoms with Gasteiger partial charge in [0.15, 0.2) is 0 Å². The summed E-state index contributed by atoms with van der Waals surface area (Å²) in [4.78, 5) is 11.1. The SMILES string of the molecule is CCC(=O)NC1CCC(C)CC1.Cl. The van der Waals surface area contributed by atoms with Gasteiger partial charge in [0, 0.05) is 12.5 Å². The molecular weight excluding hydrogens is 186 g/mol. The van der Waals surface area contributed by atoms with Gasteiger partial charge in [0.05, 0.1) is 0 Å². The Kier molecular flexibility index (Phi) is 6.13. The highest BCUT2D eigenvalue weighted by atomic mass is 35.5. The lowest BCUT2D eigenvalue weighted by molar-refractivity contribution is -0.121. The number of carbonyl (C=O) groups excluding carboxylic acids is 1. The van der Waals surface area contributed by atoms with E-state index in [-0.39, 0.29) is 18.3 Å². The molecular formula is C10H20ClNO. The molecule has 1 amide bonds. The monoisotopic (exact) mass is 205 g/mol. The highest BCUT2D eigenvalue weighted by molar-refractivity contribution is 5.85. The van der Waals surface area contributed by atoms with Crippen LogP contribution in [-0.4, -0.2) is 11.9 Å². The molecule has 1 aliphatic carbocycles. The van der Waals surface area contributed by atoms with Gasteiger partial charge in [0.1, 0.15) is 0 Å². The molecule has 0 aromatic heterocycles. The number of rotatable bonds is 2. The topological polar surface area (TPSA) is 29.1 Å². The zero-order valence-electron chi connectivity index (χ0n) is 8.51. The van der Waals surface area contributed by atoms with Crippen LogP contribution in [0.25, 0.3) is 0 Å². The van der Waals surface area contributed by atoms with Gasteiger partial charge in [-0.05, 0) is 31.6 Å². The third kappa shape index (κ3) is 4.51. The van der Waals surface area contributed by atoms with Crippen molar-refractivity contribution in [2.24, 2.45) is 5.92 Å². The van der Waals surface area contributed by atoms with E-state index < -0.39 is 0 Å². The Balaban J connectivity index is 0.00000144. The first kappa shape index (κ1) is 12.8. The van der Waals surface area contributed by atoms with E-state index in [4.69, 9.17) is 0 Å². The van der Waals surface area contributed by atoms with Crippen molar-refractivity contribution < 1.29 is 4.79 Å². The van der Waals surface area contributed by atoms with Gasteiger partial charge in [0.25, 0.3) is 0 Å². The van der Waals surface area contributed by atoms with Gasteiger partial charge in [-0.25, -0.2) is 0 Å². The smallest absolute Gasteiger partial charge is 0.219 e. The molecule has 1 rings (SSSR count). The van der Waals surface area contributed by atoms with Gasteiger partial charge in [-0.2, -0.15) is 0 Å². The summed E-state index contributed by atoms with van der Waals surface area (Å²) in [6, 6.07) is 0.466. The third-order valence-electron chi connectivity index (χ3n) is 2.70. The Morgan fingerprint density at radius 3 is 2.31 bits per heavy atom. The van der Waals surface area contributed by atoms with Gasteiger partial charge in [-0.15, -0.1) is 12.4 Å². The molecule has 0 bridgehead atoms. The highest BCUT2D eigenvalue weighted by Crippen LogP contribution is 2.23. The largest absolute Gasteiger partial charge is 0.353 e. The molecule has 0 radical (unpaired) electrons. The Hall–Kier alpha value is -0.240. The normalized spacial score (nSPS) is 27.5. The molecule has 1 aliphatic rings. The van der Waals surface area contributed by atoms with Crippen molar-refractivity contribution in [3.05, 3.63) is 0 Å². The molecule has 1 saturated carbocycles. The second-order valence-corrected chi connectivity index (χ2v) is 3.88. The summed E-state index contributed by atoms with van der Waals surface area (Å²) in [6.07, 6.45) is 5.51. The van der Waals surface area contributed by atoms with Crippen LogP contribution in [0.5, 0.6) is 0 Å². The molecule has 2 nitrogen and oxygen atoms in total. The Morgan fingerprint density at radius 2 is 1.85 bits per heavy atom. The van der Waals surface area contributed by atoms with Crippen molar-refractivity contribution in [3.63, 3.8) is 0 Å². The second kappa shape index (κ2) is 6.25. The summed E-state index contributed by atoms with van der Waals surface area (Å²) < 4.78 is 0.